The van der Waals surface area contributed by atoms with Gasteiger partial charge in [-0.05, 0) is 26.8 Å². The van der Waals surface area contributed by atoms with E-state index in [9.17, 15) is 18.9 Å². The van der Waals surface area contributed by atoms with Gasteiger partial charge in [-0.1, -0.05) is 0 Å². The third-order valence-corrected chi connectivity index (χ3v) is 2.35. The summed E-state index contributed by atoms with van der Waals surface area (Å²) in [5.74, 6) is -2.35. The van der Waals surface area contributed by atoms with Crippen LogP contribution in [0.25, 0.3) is 0 Å². The maximum Gasteiger partial charge on any atom is 0.295 e. The quantitative estimate of drug-likeness (QED) is 0.491. The van der Waals surface area contributed by atoms with Crippen LogP contribution >= 0.6 is 0 Å². The van der Waals surface area contributed by atoms with Crippen LogP contribution in [0.1, 0.15) is 20.8 Å². The monoisotopic (exact) mass is 273 g/mol. The number of nitrogens with one attached hydrogen (secondary N) is 2. The van der Waals surface area contributed by atoms with E-state index in [0.29, 0.717) is 6.54 Å². The van der Waals surface area contributed by atoms with Crippen molar-refractivity contribution in [2.24, 2.45) is 0 Å². The van der Waals surface area contributed by atoms with Crippen LogP contribution in [0, 0.1) is 21.7 Å². The smallest absolute Gasteiger partial charge is 0.295 e. The lowest BCUT2D eigenvalue weighted by Crippen LogP contribution is -2.38. The summed E-state index contributed by atoms with van der Waals surface area (Å²) in [6.07, 6.45) is 0. The highest BCUT2D eigenvalue weighted by Crippen LogP contribution is 2.28. The zero-order valence-corrected chi connectivity index (χ0v) is 11.1. The third kappa shape index (κ3) is 4.44. The van der Waals surface area contributed by atoms with Crippen LogP contribution in [-0.2, 0) is 0 Å². The van der Waals surface area contributed by atoms with Crippen LogP contribution in [0.4, 0.5) is 20.2 Å². The lowest BCUT2D eigenvalue weighted by Gasteiger charge is -2.20. The molecule has 0 unspecified atom stereocenters. The third-order valence-electron chi connectivity index (χ3n) is 2.35. The largest absolute Gasteiger partial charge is 0.376 e. The van der Waals surface area contributed by atoms with Crippen molar-refractivity contribution in [3.8, 4) is 0 Å². The molecule has 0 fully saturated rings. The Bertz CT molecular complexity index is 473. The van der Waals surface area contributed by atoms with E-state index in [1.807, 2.05) is 20.8 Å². The summed E-state index contributed by atoms with van der Waals surface area (Å²) in [6.45, 7) is 6.59. The predicted molar refractivity (Wildman–Crippen MR) is 69.3 cm³/mol. The number of benzene rings is 1. The van der Waals surface area contributed by atoms with Gasteiger partial charge >= 0.3 is 0 Å². The molecule has 1 aromatic carbocycles. The molecule has 5 nitrogen and oxygen atoms in total. The van der Waals surface area contributed by atoms with Crippen molar-refractivity contribution in [2.45, 2.75) is 26.3 Å². The first-order valence-electron chi connectivity index (χ1n) is 5.83. The van der Waals surface area contributed by atoms with Crippen LogP contribution in [0.3, 0.4) is 0 Å². The molecule has 0 spiro atoms. The number of rotatable bonds is 5. The minimum atomic E-state index is -1.23. The Hall–Kier alpha value is -1.76. The SMILES string of the molecule is CC(C)(C)NCCNc1c([N+](=O)[O-])ccc(F)c1F. The van der Waals surface area contributed by atoms with Gasteiger partial charge in [0.2, 0.25) is 0 Å². The van der Waals surface area contributed by atoms with E-state index in [0.717, 1.165) is 12.1 Å². The maximum atomic E-state index is 13.5. The van der Waals surface area contributed by atoms with E-state index >= 15 is 0 Å². The van der Waals surface area contributed by atoms with Gasteiger partial charge in [0, 0.05) is 24.7 Å². The van der Waals surface area contributed by atoms with Gasteiger partial charge in [-0.25, -0.2) is 8.78 Å². The molecule has 0 bridgehead atoms. The highest BCUT2D eigenvalue weighted by Gasteiger charge is 2.21. The fraction of sp³-hybridized carbons (Fsp3) is 0.500. The van der Waals surface area contributed by atoms with E-state index in [1.54, 1.807) is 0 Å². The Morgan fingerprint density at radius 2 is 1.89 bits per heavy atom. The summed E-state index contributed by atoms with van der Waals surface area (Å²) in [6, 6.07) is 1.68. The standard InChI is InChI=1S/C12H17F2N3O2/c1-12(2,3)16-7-6-15-11-9(17(18)19)5-4-8(13)10(11)14/h4-5,15-16H,6-7H2,1-3H3. The Labute approximate surface area is 110 Å². The molecule has 0 aliphatic rings. The molecule has 0 radical (unpaired) electrons. The van der Waals surface area contributed by atoms with Gasteiger partial charge in [0.1, 0.15) is 0 Å². The number of nitro benzene ring substituents is 1. The summed E-state index contributed by atoms with van der Waals surface area (Å²) in [5, 5.41) is 16.4. The second-order valence-corrected chi connectivity index (χ2v) is 5.12. The predicted octanol–water partition coefficient (Wildman–Crippen LogP) is 2.67. The highest BCUT2D eigenvalue weighted by molar-refractivity contribution is 5.62. The lowest BCUT2D eigenvalue weighted by atomic mass is 10.1. The summed E-state index contributed by atoms with van der Waals surface area (Å²) < 4.78 is 26.6. The van der Waals surface area contributed by atoms with E-state index in [-0.39, 0.29) is 12.1 Å². The van der Waals surface area contributed by atoms with Gasteiger partial charge in [-0.15, -0.1) is 0 Å². The Morgan fingerprint density at radius 1 is 1.26 bits per heavy atom. The van der Waals surface area contributed by atoms with Crippen molar-refractivity contribution in [2.75, 3.05) is 18.4 Å². The van der Waals surface area contributed by atoms with Crippen LogP contribution in [-0.4, -0.2) is 23.6 Å². The molecule has 0 amide bonds. The van der Waals surface area contributed by atoms with Crippen molar-refractivity contribution < 1.29 is 13.7 Å². The normalized spacial score (nSPS) is 11.4. The molecule has 0 aliphatic heterocycles. The molecular weight excluding hydrogens is 256 g/mol. The number of halogens is 2. The Balaban J connectivity index is 2.77. The number of nitro groups is 1. The van der Waals surface area contributed by atoms with Gasteiger partial charge in [-0.3, -0.25) is 10.1 Å². The number of anilines is 1. The first kappa shape index (κ1) is 15.3. The summed E-state index contributed by atoms with van der Waals surface area (Å²) in [7, 11) is 0. The van der Waals surface area contributed by atoms with Crippen LogP contribution in [0.2, 0.25) is 0 Å². The molecule has 0 saturated heterocycles. The average molecular weight is 273 g/mol. The number of nitrogens with zero attached hydrogens (tertiary/aromatic N) is 1. The van der Waals surface area contributed by atoms with E-state index in [2.05, 4.69) is 10.6 Å². The molecule has 7 heteroatoms. The fourth-order valence-electron chi connectivity index (χ4n) is 1.49. The zero-order valence-electron chi connectivity index (χ0n) is 11.1. The van der Waals surface area contributed by atoms with Crippen LogP contribution < -0.4 is 10.6 Å². The molecule has 0 heterocycles. The molecule has 1 aromatic rings. The van der Waals surface area contributed by atoms with E-state index < -0.39 is 27.9 Å². The first-order chi connectivity index (χ1) is 8.72. The second kappa shape index (κ2) is 5.92. The van der Waals surface area contributed by atoms with Gasteiger partial charge in [0.25, 0.3) is 5.69 Å². The maximum absolute atomic E-state index is 13.5. The fourth-order valence-corrected chi connectivity index (χ4v) is 1.49. The Kier molecular flexibility index (Phi) is 4.77. The molecule has 19 heavy (non-hydrogen) atoms. The van der Waals surface area contributed by atoms with Crippen molar-refractivity contribution in [3.63, 3.8) is 0 Å². The topological polar surface area (TPSA) is 67.2 Å². The van der Waals surface area contributed by atoms with Crippen molar-refractivity contribution in [1.29, 1.82) is 0 Å². The van der Waals surface area contributed by atoms with Crippen molar-refractivity contribution >= 4 is 11.4 Å². The molecule has 0 aliphatic carbocycles. The molecule has 0 aromatic heterocycles. The van der Waals surface area contributed by atoms with Crippen molar-refractivity contribution in [1.82, 2.24) is 5.32 Å². The van der Waals surface area contributed by atoms with Gasteiger partial charge in [0.15, 0.2) is 17.3 Å². The highest BCUT2D eigenvalue weighted by atomic mass is 19.2. The van der Waals surface area contributed by atoms with Gasteiger partial charge in [-0.2, -0.15) is 0 Å². The molecule has 0 saturated carbocycles. The summed E-state index contributed by atoms with van der Waals surface area (Å²) >= 11 is 0. The van der Waals surface area contributed by atoms with E-state index in [1.165, 1.54) is 0 Å². The molecular formula is C12H17F2N3O2. The minimum absolute atomic E-state index is 0.117. The number of hydrogen-bond acceptors (Lipinski definition) is 4. The van der Waals surface area contributed by atoms with Crippen LogP contribution in [0.5, 0.6) is 0 Å². The second-order valence-electron chi connectivity index (χ2n) is 5.12. The minimum Gasteiger partial charge on any atom is -0.376 e. The zero-order chi connectivity index (χ0) is 14.6. The summed E-state index contributed by atoms with van der Waals surface area (Å²) in [5.41, 5.74) is -1.01. The Morgan fingerprint density at radius 3 is 2.42 bits per heavy atom. The van der Waals surface area contributed by atoms with Crippen LogP contribution in [0.15, 0.2) is 12.1 Å². The molecule has 1 rings (SSSR count). The number of hydrogen-bond donors (Lipinski definition) is 2. The molecule has 0 atom stereocenters. The van der Waals surface area contributed by atoms with Gasteiger partial charge < -0.3 is 10.6 Å². The summed E-state index contributed by atoms with van der Waals surface area (Å²) in [4.78, 5) is 9.99. The molecule has 106 valence electrons. The first-order valence-corrected chi connectivity index (χ1v) is 5.83. The lowest BCUT2D eigenvalue weighted by molar-refractivity contribution is -0.384. The van der Waals surface area contributed by atoms with Crippen molar-refractivity contribution in [3.05, 3.63) is 33.9 Å². The average Bonchev–Trinajstić information content (AvgIpc) is 2.28. The molecule has 2 N–H and O–H groups in total. The van der Waals surface area contributed by atoms with Gasteiger partial charge in [0.05, 0.1) is 4.92 Å². The van der Waals surface area contributed by atoms with E-state index in [4.69, 9.17) is 0 Å².